The van der Waals surface area contributed by atoms with Gasteiger partial charge >= 0.3 is 5.97 Å². The van der Waals surface area contributed by atoms with Crippen LogP contribution in [0.5, 0.6) is 0 Å². The molecule has 1 rings (SSSR count). The van der Waals surface area contributed by atoms with Crippen LogP contribution in [-0.4, -0.2) is 43.0 Å². The van der Waals surface area contributed by atoms with Crippen LogP contribution in [0.1, 0.15) is 45.7 Å². The fourth-order valence-electron chi connectivity index (χ4n) is 2.26. The molecule has 0 aromatic heterocycles. The normalized spacial score (nSPS) is 11.8. The number of esters is 1. The highest BCUT2D eigenvalue weighted by molar-refractivity contribution is 5.86. The first-order chi connectivity index (χ1) is 11.5. The van der Waals surface area contributed by atoms with Crippen LogP contribution in [0, 0.1) is 5.92 Å². The van der Waals surface area contributed by atoms with Crippen molar-refractivity contribution in [1.29, 1.82) is 0 Å². The zero-order valence-corrected chi connectivity index (χ0v) is 16.5. The monoisotopic (exact) mass is 370 g/mol. The van der Waals surface area contributed by atoms with Crippen LogP contribution in [0.3, 0.4) is 0 Å². The largest absolute Gasteiger partial charge is 0.464 e. The summed E-state index contributed by atoms with van der Waals surface area (Å²) < 4.78 is 5.36. The zero-order valence-electron chi connectivity index (χ0n) is 15.7. The number of carbonyl (C=O) groups excluding carboxylic acids is 2. The molecular weight excluding hydrogens is 340 g/mol. The number of nitrogens with one attached hydrogen (secondary N) is 1. The molecule has 0 aliphatic heterocycles. The summed E-state index contributed by atoms with van der Waals surface area (Å²) in [5.41, 5.74) is 0.736. The molecule has 0 spiro atoms. The molecule has 0 aliphatic rings. The minimum atomic E-state index is -0.763. The van der Waals surface area contributed by atoms with Crippen molar-refractivity contribution in [2.75, 3.05) is 26.2 Å². The average molecular weight is 371 g/mol. The molecule has 1 atom stereocenters. The van der Waals surface area contributed by atoms with E-state index in [0.717, 1.165) is 25.1 Å². The van der Waals surface area contributed by atoms with E-state index >= 15 is 0 Å². The summed E-state index contributed by atoms with van der Waals surface area (Å²) in [5, 5.41) is 2.82. The lowest BCUT2D eigenvalue weighted by Gasteiger charge is -2.21. The van der Waals surface area contributed by atoms with Gasteiger partial charge in [0.2, 0.25) is 5.91 Å². The molecule has 1 unspecified atom stereocenters. The highest BCUT2D eigenvalue weighted by atomic mass is 35.5. The topological polar surface area (TPSA) is 58.6 Å². The third-order valence-corrected chi connectivity index (χ3v) is 3.88. The molecule has 0 aliphatic carbocycles. The van der Waals surface area contributed by atoms with Gasteiger partial charge in [-0.2, -0.15) is 0 Å². The Hall–Kier alpha value is -1.59. The lowest BCUT2D eigenvalue weighted by Crippen LogP contribution is -2.41. The van der Waals surface area contributed by atoms with Gasteiger partial charge in [-0.05, 0) is 31.0 Å². The molecule has 1 N–H and O–H groups in total. The Morgan fingerprint density at radius 2 is 1.72 bits per heavy atom. The molecule has 0 heterocycles. The third kappa shape index (κ3) is 8.89. The zero-order chi connectivity index (χ0) is 17.9. The van der Waals surface area contributed by atoms with E-state index < -0.39 is 12.0 Å². The third-order valence-electron chi connectivity index (χ3n) is 3.88. The molecule has 1 aromatic rings. The number of likely N-dealkylation sites (N-methyl/N-ethyl adjacent to an activating group) is 1. The van der Waals surface area contributed by atoms with E-state index in [1.165, 1.54) is 0 Å². The molecule has 0 fully saturated rings. The van der Waals surface area contributed by atoms with E-state index in [1.807, 2.05) is 49.1 Å². The van der Waals surface area contributed by atoms with Crippen LogP contribution >= 0.6 is 12.4 Å². The molecule has 0 saturated heterocycles. The van der Waals surface area contributed by atoms with Gasteiger partial charge < -0.3 is 10.1 Å². The fourth-order valence-corrected chi connectivity index (χ4v) is 2.26. The summed E-state index contributed by atoms with van der Waals surface area (Å²) in [6.45, 7) is 10.4. The van der Waals surface area contributed by atoms with Gasteiger partial charge in [0.25, 0.3) is 0 Å². The minimum absolute atomic E-state index is 0. The summed E-state index contributed by atoms with van der Waals surface area (Å²) in [5.74, 6) is -0.117. The van der Waals surface area contributed by atoms with Crippen molar-refractivity contribution in [3.8, 4) is 0 Å². The van der Waals surface area contributed by atoms with Crippen LogP contribution in [0.25, 0.3) is 0 Å². The maximum absolute atomic E-state index is 12.4. The van der Waals surface area contributed by atoms with Crippen LogP contribution in [0.4, 0.5) is 0 Å². The second-order valence-corrected chi connectivity index (χ2v) is 6.22. The predicted molar refractivity (Wildman–Crippen MR) is 103 cm³/mol. The summed E-state index contributed by atoms with van der Waals surface area (Å²) in [6.07, 6.45) is 0.806. The average Bonchev–Trinajstić information content (AvgIpc) is 2.57. The number of benzene rings is 1. The maximum atomic E-state index is 12.4. The van der Waals surface area contributed by atoms with Crippen molar-refractivity contribution >= 4 is 24.3 Å². The first-order valence-electron chi connectivity index (χ1n) is 8.71. The Morgan fingerprint density at radius 1 is 1.12 bits per heavy atom. The quantitative estimate of drug-likeness (QED) is 0.642. The second kappa shape index (κ2) is 12.7. The highest BCUT2D eigenvalue weighted by Crippen LogP contribution is 2.15. The maximum Gasteiger partial charge on any atom is 0.333 e. The number of hydrogen-bond donors (Lipinski definition) is 1. The van der Waals surface area contributed by atoms with Gasteiger partial charge in [0.05, 0.1) is 13.2 Å². The summed E-state index contributed by atoms with van der Waals surface area (Å²) in [7, 11) is 0. The molecule has 1 amide bonds. The van der Waals surface area contributed by atoms with E-state index in [4.69, 9.17) is 4.74 Å². The number of ether oxygens (including phenoxy) is 1. The predicted octanol–water partition coefficient (Wildman–Crippen LogP) is 3.20. The van der Waals surface area contributed by atoms with Gasteiger partial charge in [0, 0.05) is 0 Å². The van der Waals surface area contributed by atoms with Gasteiger partial charge in [-0.15, -0.1) is 12.4 Å². The van der Waals surface area contributed by atoms with E-state index in [9.17, 15) is 9.59 Å². The second-order valence-electron chi connectivity index (χ2n) is 6.22. The number of nitrogens with zero attached hydrogens (tertiary/aromatic N) is 1. The number of amides is 1. The van der Waals surface area contributed by atoms with Crippen molar-refractivity contribution in [2.45, 2.75) is 40.2 Å². The molecule has 0 radical (unpaired) electrons. The van der Waals surface area contributed by atoms with Gasteiger partial charge in [0.1, 0.15) is 0 Å². The first-order valence-corrected chi connectivity index (χ1v) is 8.71. The molecule has 1 aromatic carbocycles. The Morgan fingerprint density at radius 3 is 2.24 bits per heavy atom. The lowest BCUT2D eigenvalue weighted by molar-refractivity contribution is -0.148. The first kappa shape index (κ1) is 23.4. The lowest BCUT2D eigenvalue weighted by atomic mass is 10.1. The molecule has 0 bridgehead atoms. The van der Waals surface area contributed by atoms with E-state index in [-0.39, 0.29) is 24.9 Å². The highest BCUT2D eigenvalue weighted by Gasteiger charge is 2.24. The van der Waals surface area contributed by atoms with Gasteiger partial charge in [-0.1, -0.05) is 58.0 Å². The molecule has 6 heteroatoms. The molecule has 5 nitrogen and oxygen atoms in total. The van der Waals surface area contributed by atoms with E-state index in [2.05, 4.69) is 19.2 Å². The van der Waals surface area contributed by atoms with Crippen LogP contribution in [-0.2, 0) is 14.3 Å². The van der Waals surface area contributed by atoms with Crippen LogP contribution in [0.2, 0.25) is 0 Å². The smallest absolute Gasteiger partial charge is 0.333 e. The fraction of sp³-hybridized carbons (Fsp3) is 0.579. The standard InChI is InChI=1S/C19H30N2O3.ClH/c1-5-21(6-2)14-17(22)20-18(16-10-8-7-9-11-16)19(23)24-13-12-15(3)4;/h7-11,15,18H,5-6,12-14H2,1-4H3,(H,20,22);1H. The summed E-state index contributed by atoms with van der Waals surface area (Å²) in [6, 6.07) is 8.46. The molecule has 142 valence electrons. The molecule has 0 saturated carbocycles. The van der Waals surface area contributed by atoms with Crippen LogP contribution < -0.4 is 5.32 Å². The minimum Gasteiger partial charge on any atom is -0.464 e. The molecular formula is C19H31ClN2O3. The van der Waals surface area contributed by atoms with Crippen molar-refractivity contribution < 1.29 is 14.3 Å². The van der Waals surface area contributed by atoms with E-state index in [0.29, 0.717) is 12.5 Å². The van der Waals surface area contributed by atoms with Gasteiger partial charge in [0.15, 0.2) is 6.04 Å². The van der Waals surface area contributed by atoms with Crippen molar-refractivity contribution in [3.05, 3.63) is 35.9 Å². The number of rotatable bonds is 10. The van der Waals surface area contributed by atoms with Crippen molar-refractivity contribution in [3.63, 3.8) is 0 Å². The summed E-state index contributed by atoms with van der Waals surface area (Å²) >= 11 is 0. The number of carbonyl (C=O) groups is 2. The SMILES string of the molecule is CCN(CC)CC(=O)NC(C(=O)OCCC(C)C)c1ccccc1.Cl. The summed E-state index contributed by atoms with van der Waals surface area (Å²) in [4.78, 5) is 26.7. The van der Waals surface area contributed by atoms with E-state index in [1.54, 1.807) is 0 Å². The Labute approximate surface area is 157 Å². The van der Waals surface area contributed by atoms with Crippen molar-refractivity contribution in [2.24, 2.45) is 5.92 Å². The van der Waals surface area contributed by atoms with Gasteiger partial charge in [-0.25, -0.2) is 4.79 Å². The van der Waals surface area contributed by atoms with Gasteiger partial charge in [-0.3, -0.25) is 9.69 Å². The Kier molecular flexibility index (Phi) is 11.9. The molecule has 25 heavy (non-hydrogen) atoms. The number of hydrogen-bond acceptors (Lipinski definition) is 4. The Balaban J connectivity index is 0.00000576. The van der Waals surface area contributed by atoms with Crippen molar-refractivity contribution in [1.82, 2.24) is 10.2 Å². The Bertz CT molecular complexity index is 505. The van der Waals surface area contributed by atoms with Crippen LogP contribution in [0.15, 0.2) is 30.3 Å². The number of halogens is 1.